The maximum atomic E-state index is 11.5. The molecule has 0 bridgehead atoms. The first-order valence-electron chi connectivity index (χ1n) is 5.66. The first-order valence-corrected chi connectivity index (χ1v) is 5.66. The molecule has 1 fully saturated rings. The van der Waals surface area contributed by atoms with Crippen LogP contribution in [-0.2, 0) is 4.74 Å². The lowest BCUT2D eigenvalue weighted by molar-refractivity contribution is 0.0472. The van der Waals surface area contributed by atoms with E-state index in [1.165, 1.54) is 12.8 Å². The van der Waals surface area contributed by atoms with E-state index in [9.17, 15) is 4.79 Å². The van der Waals surface area contributed by atoms with Gasteiger partial charge in [-0.3, -0.25) is 9.88 Å². The van der Waals surface area contributed by atoms with E-state index in [1.54, 1.807) is 24.5 Å². The highest BCUT2D eigenvalue weighted by Crippen LogP contribution is 2.06. The number of ether oxygens (including phenoxy) is 1. The summed E-state index contributed by atoms with van der Waals surface area (Å²) in [6.07, 6.45) is 5.71. The Hall–Kier alpha value is -1.42. The number of pyridine rings is 1. The molecule has 1 aliphatic heterocycles. The van der Waals surface area contributed by atoms with E-state index >= 15 is 0 Å². The van der Waals surface area contributed by atoms with Crippen LogP contribution < -0.4 is 0 Å². The van der Waals surface area contributed by atoms with Gasteiger partial charge in [-0.25, -0.2) is 4.79 Å². The van der Waals surface area contributed by atoms with Gasteiger partial charge in [0.2, 0.25) is 0 Å². The number of nitrogens with zero attached hydrogens (tertiary/aromatic N) is 2. The number of hydrogen-bond donors (Lipinski definition) is 0. The lowest BCUT2D eigenvalue weighted by Crippen LogP contribution is -2.25. The molecule has 1 aromatic heterocycles. The fourth-order valence-electron chi connectivity index (χ4n) is 1.85. The summed E-state index contributed by atoms with van der Waals surface area (Å²) < 4.78 is 5.18. The molecule has 4 nitrogen and oxygen atoms in total. The van der Waals surface area contributed by atoms with Gasteiger partial charge in [-0.05, 0) is 38.1 Å². The molecular weight excluding hydrogens is 204 g/mol. The second-order valence-corrected chi connectivity index (χ2v) is 3.92. The van der Waals surface area contributed by atoms with E-state index < -0.39 is 0 Å². The van der Waals surface area contributed by atoms with E-state index in [1.807, 2.05) is 0 Å². The van der Waals surface area contributed by atoms with E-state index in [2.05, 4.69) is 9.88 Å². The Morgan fingerprint density at radius 2 is 2.00 bits per heavy atom. The lowest BCUT2D eigenvalue weighted by Gasteiger charge is -2.14. The third kappa shape index (κ3) is 3.03. The predicted octanol–water partition coefficient (Wildman–Crippen LogP) is 1.33. The zero-order valence-electron chi connectivity index (χ0n) is 9.26. The molecule has 86 valence electrons. The summed E-state index contributed by atoms with van der Waals surface area (Å²) in [6, 6.07) is 3.33. The second-order valence-electron chi connectivity index (χ2n) is 3.92. The van der Waals surface area contributed by atoms with Gasteiger partial charge in [0.05, 0.1) is 5.56 Å². The number of carbonyl (C=O) groups excluding carboxylic acids is 1. The van der Waals surface area contributed by atoms with Crippen molar-refractivity contribution in [1.29, 1.82) is 0 Å². The summed E-state index contributed by atoms with van der Waals surface area (Å²) in [5, 5.41) is 0. The Kier molecular flexibility index (Phi) is 3.88. The van der Waals surface area contributed by atoms with Crippen molar-refractivity contribution in [3.05, 3.63) is 30.1 Å². The monoisotopic (exact) mass is 220 g/mol. The van der Waals surface area contributed by atoms with Crippen molar-refractivity contribution in [3.8, 4) is 0 Å². The van der Waals surface area contributed by atoms with Crippen molar-refractivity contribution in [2.75, 3.05) is 26.2 Å². The van der Waals surface area contributed by atoms with E-state index in [0.717, 1.165) is 19.6 Å². The first kappa shape index (κ1) is 11.1. The largest absolute Gasteiger partial charge is 0.461 e. The number of carbonyl (C=O) groups is 1. The molecule has 0 radical (unpaired) electrons. The summed E-state index contributed by atoms with van der Waals surface area (Å²) in [7, 11) is 0. The van der Waals surface area contributed by atoms with Gasteiger partial charge in [-0.15, -0.1) is 0 Å². The molecule has 1 aliphatic rings. The molecule has 0 amide bonds. The summed E-state index contributed by atoms with van der Waals surface area (Å²) in [5.41, 5.74) is 0.566. The van der Waals surface area contributed by atoms with Crippen LogP contribution in [0.1, 0.15) is 23.2 Å². The smallest absolute Gasteiger partial charge is 0.338 e. The van der Waals surface area contributed by atoms with Crippen molar-refractivity contribution in [1.82, 2.24) is 9.88 Å². The van der Waals surface area contributed by atoms with Crippen LogP contribution in [0.4, 0.5) is 0 Å². The van der Waals surface area contributed by atoms with Gasteiger partial charge < -0.3 is 4.74 Å². The first-order chi connectivity index (χ1) is 7.86. The molecule has 0 spiro atoms. The molecule has 0 atom stereocenters. The molecule has 1 aromatic rings. The highest BCUT2D eigenvalue weighted by Gasteiger charge is 2.12. The minimum absolute atomic E-state index is 0.262. The minimum Gasteiger partial charge on any atom is -0.461 e. The molecule has 2 heterocycles. The fourth-order valence-corrected chi connectivity index (χ4v) is 1.85. The molecule has 4 heteroatoms. The molecule has 0 saturated carbocycles. The van der Waals surface area contributed by atoms with Crippen molar-refractivity contribution < 1.29 is 9.53 Å². The average Bonchev–Trinajstić information content (AvgIpc) is 2.83. The molecule has 2 rings (SSSR count). The molecule has 0 aromatic carbocycles. The van der Waals surface area contributed by atoms with Crippen molar-refractivity contribution in [2.45, 2.75) is 12.8 Å². The molecule has 0 unspecified atom stereocenters. The van der Waals surface area contributed by atoms with Gasteiger partial charge in [0.25, 0.3) is 0 Å². The van der Waals surface area contributed by atoms with Crippen LogP contribution in [0.25, 0.3) is 0 Å². The third-order valence-corrected chi connectivity index (χ3v) is 2.76. The summed E-state index contributed by atoms with van der Waals surface area (Å²) >= 11 is 0. The standard InChI is InChI=1S/C12H16N2O2/c15-12(11-3-5-13-6-4-11)16-10-9-14-7-1-2-8-14/h3-6H,1-2,7-10H2. The summed E-state index contributed by atoms with van der Waals surface area (Å²) in [5.74, 6) is -0.262. The van der Waals surface area contributed by atoms with Gasteiger partial charge in [0, 0.05) is 18.9 Å². The van der Waals surface area contributed by atoms with Crippen LogP contribution in [0.3, 0.4) is 0 Å². The highest BCUT2D eigenvalue weighted by atomic mass is 16.5. The highest BCUT2D eigenvalue weighted by molar-refractivity contribution is 5.89. The predicted molar refractivity (Wildman–Crippen MR) is 60.2 cm³/mol. The molecule has 0 aliphatic carbocycles. The zero-order valence-corrected chi connectivity index (χ0v) is 9.26. The van der Waals surface area contributed by atoms with Crippen molar-refractivity contribution in [2.24, 2.45) is 0 Å². The number of esters is 1. The maximum absolute atomic E-state index is 11.5. The molecular formula is C12H16N2O2. The van der Waals surface area contributed by atoms with Gasteiger partial charge in [-0.2, -0.15) is 0 Å². The van der Waals surface area contributed by atoms with Crippen LogP contribution >= 0.6 is 0 Å². The number of aromatic nitrogens is 1. The normalized spacial score (nSPS) is 16.2. The second kappa shape index (κ2) is 5.61. The molecule has 0 N–H and O–H groups in total. The van der Waals surface area contributed by atoms with Gasteiger partial charge in [0.1, 0.15) is 6.61 Å². The summed E-state index contributed by atoms with van der Waals surface area (Å²) in [6.45, 7) is 3.58. The quantitative estimate of drug-likeness (QED) is 0.718. The fraction of sp³-hybridized carbons (Fsp3) is 0.500. The van der Waals surface area contributed by atoms with Crippen molar-refractivity contribution >= 4 is 5.97 Å². The van der Waals surface area contributed by atoms with Crippen LogP contribution in [-0.4, -0.2) is 42.1 Å². The van der Waals surface area contributed by atoms with E-state index in [-0.39, 0.29) is 5.97 Å². The lowest BCUT2D eigenvalue weighted by atomic mass is 10.3. The van der Waals surface area contributed by atoms with Crippen LogP contribution in [0.15, 0.2) is 24.5 Å². The van der Waals surface area contributed by atoms with Gasteiger partial charge in [-0.1, -0.05) is 0 Å². The number of rotatable bonds is 4. The van der Waals surface area contributed by atoms with Crippen LogP contribution in [0.5, 0.6) is 0 Å². The van der Waals surface area contributed by atoms with Gasteiger partial charge in [0.15, 0.2) is 0 Å². The van der Waals surface area contributed by atoms with Crippen LogP contribution in [0, 0.1) is 0 Å². The number of hydrogen-bond acceptors (Lipinski definition) is 4. The number of likely N-dealkylation sites (tertiary alicyclic amines) is 1. The summed E-state index contributed by atoms with van der Waals surface area (Å²) in [4.78, 5) is 17.7. The third-order valence-electron chi connectivity index (χ3n) is 2.76. The topological polar surface area (TPSA) is 42.4 Å². The zero-order chi connectivity index (χ0) is 11.2. The van der Waals surface area contributed by atoms with E-state index in [0.29, 0.717) is 12.2 Å². The average molecular weight is 220 g/mol. The van der Waals surface area contributed by atoms with Crippen molar-refractivity contribution in [3.63, 3.8) is 0 Å². The molecule has 16 heavy (non-hydrogen) atoms. The molecule has 1 saturated heterocycles. The maximum Gasteiger partial charge on any atom is 0.338 e. The Morgan fingerprint density at radius 1 is 1.31 bits per heavy atom. The SMILES string of the molecule is O=C(OCCN1CCCC1)c1ccncc1. The minimum atomic E-state index is -0.262. The van der Waals surface area contributed by atoms with Crippen LogP contribution in [0.2, 0.25) is 0 Å². The van der Waals surface area contributed by atoms with Gasteiger partial charge >= 0.3 is 5.97 Å². The van der Waals surface area contributed by atoms with E-state index in [4.69, 9.17) is 4.74 Å². The Morgan fingerprint density at radius 3 is 2.69 bits per heavy atom. The Balaban J connectivity index is 1.71. The Bertz CT molecular complexity index is 334. The Labute approximate surface area is 95.2 Å².